The van der Waals surface area contributed by atoms with Gasteiger partial charge in [0.25, 0.3) is 0 Å². The molecule has 0 aliphatic carbocycles. The number of thioether (sulfide) groups is 1. The topological polar surface area (TPSA) is 69.3 Å². The number of methoxy groups -OCH3 is 1. The number of nitrogens with one attached hydrogen (secondary N) is 1. The molecule has 1 N–H and O–H groups in total. The van der Waals surface area contributed by atoms with Crippen molar-refractivity contribution in [3.63, 3.8) is 0 Å². The van der Waals surface area contributed by atoms with Crippen molar-refractivity contribution in [2.24, 2.45) is 0 Å². The zero-order valence-electron chi connectivity index (χ0n) is 16.8. The van der Waals surface area contributed by atoms with Gasteiger partial charge in [-0.05, 0) is 5.56 Å². The Kier molecular flexibility index (Phi) is 6.69. The molecule has 0 aliphatic heterocycles. The summed E-state index contributed by atoms with van der Waals surface area (Å²) >= 11 is 1.30. The molecule has 0 unspecified atom stereocenters. The zero-order valence-corrected chi connectivity index (χ0v) is 17.7. The van der Waals surface area contributed by atoms with Gasteiger partial charge >= 0.3 is 6.61 Å². The minimum atomic E-state index is -3.12. The van der Waals surface area contributed by atoms with Gasteiger partial charge in [0.2, 0.25) is 0 Å². The van der Waals surface area contributed by atoms with E-state index in [1.807, 2.05) is 30.3 Å². The lowest BCUT2D eigenvalue weighted by Crippen LogP contribution is -2.03. The molecule has 2 aromatic heterocycles. The van der Waals surface area contributed by atoms with Gasteiger partial charge in [0, 0.05) is 30.1 Å². The fourth-order valence-electron chi connectivity index (χ4n) is 3.02. The Labute approximate surface area is 185 Å². The number of halogens is 3. The third kappa shape index (κ3) is 5.08. The second-order valence-electron chi connectivity index (χ2n) is 6.57. The third-order valence-electron chi connectivity index (χ3n) is 4.46. The van der Waals surface area contributed by atoms with Crippen molar-refractivity contribution in [2.75, 3.05) is 7.11 Å². The van der Waals surface area contributed by atoms with E-state index in [2.05, 4.69) is 19.7 Å². The molecule has 0 radical (unpaired) electrons. The van der Waals surface area contributed by atoms with Crippen LogP contribution in [0.4, 0.5) is 13.2 Å². The number of fused-ring (bicyclic) bond motifs is 1. The van der Waals surface area contributed by atoms with Crippen molar-refractivity contribution < 1.29 is 27.4 Å². The van der Waals surface area contributed by atoms with Crippen LogP contribution in [-0.2, 0) is 12.4 Å². The highest BCUT2D eigenvalue weighted by Crippen LogP contribution is 2.34. The number of H-pyrrole nitrogens is 1. The first-order valence-corrected chi connectivity index (χ1v) is 10.5. The fourth-order valence-corrected chi connectivity index (χ4v) is 3.84. The molecule has 4 rings (SSSR count). The zero-order chi connectivity index (χ0) is 22.5. The number of pyridine rings is 1. The minimum Gasteiger partial charge on any atom is -0.491 e. The Morgan fingerprint density at radius 2 is 1.91 bits per heavy atom. The summed E-state index contributed by atoms with van der Waals surface area (Å²) in [7, 11) is 1.54. The number of aromatic amines is 1. The standard InChI is InChI=1S/C22H18F3N3O3S/c1-29-20-17(26-8-7-18(20)30-11-13-5-3-2-4-6-13)12-32-22-27-15-9-14(23)19(31-21(24)25)10-16(15)28-22/h2-10,21H,11-12H2,1H3,(H,27,28). The van der Waals surface area contributed by atoms with Crippen LogP contribution >= 0.6 is 11.8 Å². The van der Waals surface area contributed by atoms with Crippen molar-refractivity contribution in [1.29, 1.82) is 0 Å². The lowest BCUT2D eigenvalue weighted by atomic mass is 10.2. The van der Waals surface area contributed by atoms with Crippen LogP contribution in [0.3, 0.4) is 0 Å². The van der Waals surface area contributed by atoms with Crippen LogP contribution in [0.5, 0.6) is 17.2 Å². The number of ether oxygens (including phenoxy) is 3. The molecule has 10 heteroatoms. The van der Waals surface area contributed by atoms with E-state index in [1.165, 1.54) is 18.9 Å². The largest absolute Gasteiger partial charge is 0.491 e. The summed E-state index contributed by atoms with van der Waals surface area (Å²) in [5.74, 6) is -0.00566. The quantitative estimate of drug-likeness (QED) is 0.328. The molecule has 0 atom stereocenters. The lowest BCUT2D eigenvalue weighted by molar-refractivity contribution is -0.0520. The number of hydrogen-bond acceptors (Lipinski definition) is 6. The maximum absolute atomic E-state index is 13.9. The molecule has 166 valence electrons. The summed E-state index contributed by atoms with van der Waals surface area (Å²) in [5.41, 5.74) is 2.33. The van der Waals surface area contributed by atoms with E-state index in [9.17, 15) is 13.2 Å². The maximum atomic E-state index is 13.9. The van der Waals surface area contributed by atoms with Crippen LogP contribution in [-0.4, -0.2) is 28.7 Å². The van der Waals surface area contributed by atoms with Gasteiger partial charge in [-0.25, -0.2) is 9.37 Å². The highest BCUT2D eigenvalue weighted by atomic mass is 32.2. The normalized spacial score (nSPS) is 11.2. The average molecular weight is 461 g/mol. The molecule has 6 nitrogen and oxygen atoms in total. The summed E-state index contributed by atoms with van der Waals surface area (Å²) in [6.07, 6.45) is 1.63. The fraction of sp³-hybridized carbons (Fsp3) is 0.182. The molecule has 0 fully saturated rings. The van der Waals surface area contributed by atoms with Crippen LogP contribution in [0.2, 0.25) is 0 Å². The molecular weight excluding hydrogens is 443 g/mol. The van der Waals surface area contributed by atoms with Crippen molar-refractivity contribution in [3.8, 4) is 17.2 Å². The second kappa shape index (κ2) is 9.82. The Hall–Kier alpha value is -3.40. The molecule has 0 amide bonds. The second-order valence-corrected chi connectivity index (χ2v) is 7.54. The third-order valence-corrected chi connectivity index (χ3v) is 5.34. The molecule has 0 saturated heterocycles. The molecule has 0 saturated carbocycles. The van der Waals surface area contributed by atoms with Gasteiger partial charge in [-0.2, -0.15) is 8.78 Å². The van der Waals surface area contributed by atoms with E-state index in [4.69, 9.17) is 9.47 Å². The summed E-state index contributed by atoms with van der Waals surface area (Å²) in [6, 6.07) is 13.7. The number of benzene rings is 2. The predicted molar refractivity (Wildman–Crippen MR) is 114 cm³/mol. The molecule has 2 heterocycles. The molecule has 4 aromatic rings. The number of rotatable bonds is 9. The van der Waals surface area contributed by atoms with Gasteiger partial charge in [-0.1, -0.05) is 42.1 Å². The van der Waals surface area contributed by atoms with Crippen LogP contribution in [0.15, 0.2) is 59.9 Å². The molecular formula is C22H18F3N3O3S. The minimum absolute atomic E-state index is 0.310. The first kappa shape index (κ1) is 21.8. The maximum Gasteiger partial charge on any atom is 0.387 e. The van der Waals surface area contributed by atoms with Crippen LogP contribution < -0.4 is 14.2 Å². The molecule has 2 aromatic carbocycles. The van der Waals surface area contributed by atoms with Gasteiger partial charge in [-0.3, -0.25) is 4.98 Å². The van der Waals surface area contributed by atoms with Gasteiger partial charge < -0.3 is 19.2 Å². The summed E-state index contributed by atoms with van der Waals surface area (Å²) in [5, 5.41) is 0.466. The Morgan fingerprint density at radius 3 is 2.66 bits per heavy atom. The summed E-state index contributed by atoms with van der Waals surface area (Å²) in [6.45, 7) is -2.74. The first-order valence-electron chi connectivity index (χ1n) is 9.49. The van der Waals surface area contributed by atoms with E-state index >= 15 is 0 Å². The van der Waals surface area contributed by atoms with E-state index in [0.29, 0.717) is 45.7 Å². The molecule has 32 heavy (non-hydrogen) atoms. The number of nitrogens with zero attached hydrogens (tertiary/aromatic N) is 2. The number of aromatic nitrogens is 3. The molecule has 0 aliphatic rings. The van der Waals surface area contributed by atoms with Crippen LogP contribution in [0, 0.1) is 5.82 Å². The predicted octanol–water partition coefficient (Wildman–Crippen LogP) is 5.58. The van der Waals surface area contributed by atoms with Gasteiger partial charge in [0.05, 0.1) is 23.8 Å². The van der Waals surface area contributed by atoms with Crippen molar-refractivity contribution in [1.82, 2.24) is 15.0 Å². The smallest absolute Gasteiger partial charge is 0.387 e. The summed E-state index contributed by atoms with van der Waals surface area (Å²) in [4.78, 5) is 11.6. The SMILES string of the molecule is COc1c(OCc2ccccc2)ccnc1CSc1nc2cc(OC(F)F)c(F)cc2[nH]1. The first-order chi connectivity index (χ1) is 15.5. The monoisotopic (exact) mass is 461 g/mol. The Morgan fingerprint density at radius 1 is 1.09 bits per heavy atom. The van der Waals surface area contributed by atoms with Crippen molar-refractivity contribution in [3.05, 3.63) is 71.8 Å². The van der Waals surface area contributed by atoms with Gasteiger partial charge in [0.15, 0.2) is 28.2 Å². The van der Waals surface area contributed by atoms with Gasteiger partial charge in [-0.15, -0.1) is 0 Å². The van der Waals surface area contributed by atoms with Crippen molar-refractivity contribution >= 4 is 22.8 Å². The number of hydrogen-bond donors (Lipinski definition) is 1. The summed E-state index contributed by atoms with van der Waals surface area (Å²) < 4.78 is 54.4. The number of alkyl halides is 2. The van der Waals surface area contributed by atoms with Crippen LogP contribution in [0.25, 0.3) is 11.0 Å². The molecule has 0 spiro atoms. The highest BCUT2D eigenvalue weighted by molar-refractivity contribution is 7.98. The highest BCUT2D eigenvalue weighted by Gasteiger charge is 2.16. The van der Waals surface area contributed by atoms with Crippen LogP contribution in [0.1, 0.15) is 11.3 Å². The lowest BCUT2D eigenvalue weighted by Gasteiger charge is -2.13. The van der Waals surface area contributed by atoms with Crippen molar-refractivity contribution in [2.45, 2.75) is 24.1 Å². The van der Waals surface area contributed by atoms with E-state index in [0.717, 1.165) is 17.7 Å². The van der Waals surface area contributed by atoms with E-state index in [-0.39, 0.29) is 0 Å². The van der Waals surface area contributed by atoms with Gasteiger partial charge in [0.1, 0.15) is 6.61 Å². The Balaban J connectivity index is 1.48. The van der Waals surface area contributed by atoms with E-state index < -0.39 is 18.2 Å². The average Bonchev–Trinajstić information content (AvgIpc) is 3.18. The number of imidazole rings is 1. The molecule has 0 bridgehead atoms. The van der Waals surface area contributed by atoms with E-state index in [1.54, 1.807) is 12.3 Å². The Bertz CT molecular complexity index is 1210.